The molecule has 0 aromatic heterocycles. The molecule has 0 spiro atoms. The third kappa shape index (κ3) is 43.2. The number of hydrogen-bond donors (Lipinski definition) is 35. The summed E-state index contributed by atoms with van der Waals surface area (Å²) >= 11 is 0. The third-order valence-electron chi connectivity index (χ3n) is 21.9. The molecule has 0 bridgehead atoms. The highest BCUT2D eigenvalue weighted by Crippen LogP contribution is 2.31. The Kier molecular flexibility index (Phi) is 60.1. The van der Waals surface area contributed by atoms with Gasteiger partial charge in [0.05, 0.1) is 137 Å². The summed E-state index contributed by atoms with van der Waals surface area (Å²) in [4.78, 5) is 142. The van der Waals surface area contributed by atoms with Crippen LogP contribution < -0.4 is 0 Å². The molecule has 36 atom stereocenters. The number of oxime groups is 4. The van der Waals surface area contributed by atoms with Gasteiger partial charge in [0.25, 0.3) is 0 Å². The Labute approximate surface area is 830 Å². The smallest absolute Gasteiger partial charge is 0.347 e. The van der Waals surface area contributed by atoms with Gasteiger partial charge < -0.3 is 265 Å². The number of esters is 4. The minimum atomic E-state index is -2.31. The number of rotatable bonds is 72. The van der Waals surface area contributed by atoms with Gasteiger partial charge in [0.15, 0.2) is 25.2 Å². The Bertz CT molecular complexity index is 3530. The Hall–Kier alpha value is -8.61. The van der Waals surface area contributed by atoms with Gasteiger partial charge in [-0.05, 0) is 0 Å². The van der Waals surface area contributed by atoms with Gasteiger partial charge >= 0.3 is 41.8 Å². The molecular weight excluding hydrogens is 2020 g/mol. The maximum absolute atomic E-state index is 14.3. The number of hydrogen-bond acceptors (Lipinski definition) is 64. The van der Waals surface area contributed by atoms with Crippen LogP contribution >= 0.6 is 0 Å². The van der Waals surface area contributed by atoms with Gasteiger partial charge in [-0.15, -0.1) is 0 Å². The van der Waals surface area contributed by atoms with E-state index in [9.17, 15) is 222 Å². The fourth-order valence-electron chi connectivity index (χ4n) is 13.6. The van der Waals surface area contributed by atoms with Gasteiger partial charge in [-0.2, -0.15) is 0 Å². The minimum absolute atomic E-state index is 0.422. The quantitative estimate of drug-likeness (QED) is 0.0116. The van der Waals surface area contributed by atoms with Crippen LogP contribution in [0.25, 0.3) is 0 Å². The van der Waals surface area contributed by atoms with Crippen molar-refractivity contribution in [1.29, 1.82) is 0 Å². The van der Waals surface area contributed by atoms with Crippen LogP contribution in [0.3, 0.4) is 0 Å². The lowest BCUT2D eigenvalue weighted by atomic mass is 9.98. The zero-order chi connectivity index (χ0) is 110. The highest BCUT2D eigenvalue weighted by atomic mass is 16.8. The molecule has 4 aliphatic heterocycles. The van der Waals surface area contributed by atoms with Crippen LogP contribution in [-0.2, 0) is 119 Å². The molecule has 147 heavy (non-hydrogen) atoms. The summed E-state index contributed by atoms with van der Waals surface area (Å²) in [6.07, 6.45) is -71.6. The Morgan fingerprint density at radius 1 is 0.272 bits per heavy atom. The number of carboxylic acids is 3. The second-order valence-corrected chi connectivity index (χ2v) is 32.8. The van der Waals surface area contributed by atoms with Gasteiger partial charge in [-0.1, -0.05) is 20.6 Å². The largest absolute Gasteiger partial charge is 0.480 e. The van der Waals surface area contributed by atoms with Crippen LogP contribution in [0.4, 0.5) is 0 Å². The number of amides is 2. The summed E-state index contributed by atoms with van der Waals surface area (Å²) in [5.74, 6) is -12.2. The van der Waals surface area contributed by atoms with Gasteiger partial charge in [0.2, 0.25) is 38.2 Å². The number of carbonyl (C=O) groups excluding carboxylic acids is 6. The first kappa shape index (κ1) is 131. The normalized spacial score (nSPS) is 27.9. The van der Waals surface area contributed by atoms with Crippen LogP contribution in [0.5, 0.6) is 0 Å². The molecule has 0 unspecified atom stereocenters. The molecule has 0 aromatic carbocycles. The molecule has 69 heteroatoms. The summed E-state index contributed by atoms with van der Waals surface area (Å²) in [5, 5.41) is 371. The van der Waals surface area contributed by atoms with Crippen molar-refractivity contribution in [3.8, 4) is 0 Å². The maximum atomic E-state index is 14.3. The van der Waals surface area contributed by atoms with E-state index in [0.717, 1.165) is 24.5 Å². The molecule has 4 fully saturated rings. The van der Waals surface area contributed by atoms with E-state index in [1.807, 2.05) is 0 Å². The molecule has 0 aliphatic carbocycles. The third-order valence-corrected chi connectivity index (χ3v) is 21.9. The molecule has 0 radical (unpaired) electrons. The average molecular weight is 2160 g/mol. The lowest BCUT2D eigenvalue weighted by molar-refractivity contribution is -0.326. The topological polar surface area (TPSA) is 1080 Å². The first-order chi connectivity index (χ1) is 69.5. The van der Waals surface area contributed by atoms with Crippen molar-refractivity contribution >= 4 is 78.5 Å². The lowest BCUT2D eigenvalue weighted by Crippen LogP contribution is -2.61. The van der Waals surface area contributed by atoms with E-state index in [1.165, 1.54) is 0 Å². The van der Waals surface area contributed by atoms with Crippen molar-refractivity contribution in [2.75, 3.05) is 191 Å². The van der Waals surface area contributed by atoms with Crippen molar-refractivity contribution in [2.24, 2.45) is 20.6 Å². The van der Waals surface area contributed by atoms with E-state index in [-0.39, 0.29) is 0 Å². The second-order valence-electron chi connectivity index (χ2n) is 32.8. The maximum Gasteiger partial charge on any atom is 0.347 e. The zero-order valence-corrected chi connectivity index (χ0v) is 78.0. The van der Waals surface area contributed by atoms with Crippen LogP contribution in [0.1, 0.15) is 0 Å². The average Bonchev–Trinajstić information content (AvgIpc) is 0.814. The fourth-order valence-corrected chi connectivity index (χ4v) is 13.6. The summed E-state index contributed by atoms with van der Waals surface area (Å²) in [6, 6.07) is 0. The monoisotopic (exact) mass is 2160 g/mol. The van der Waals surface area contributed by atoms with E-state index in [1.54, 1.807) is 0 Å². The van der Waals surface area contributed by atoms with E-state index >= 15 is 0 Å². The first-order valence-corrected chi connectivity index (χ1v) is 44.6. The number of ether oxygens (including phenoxy) is 12. The van der Waals surface area contributed by atoms with Crippen molar-refractivity contribution in [3.63, 3.8) is 0 Å². The summed E-state index contributed by atoms with van der Waals surface area (Å²) < 4.78 is 62.5. The highest BCUT2D eigenvalue weighted by molar-refractivity contribution is 5.81. The molecule has 69 nitrogen and oxygen atoms in total. The molecule has 0 aromatic rings. The van der Waals surface area contributed by atoms with Crippen molar-refractivity contribution < 1.29 is 298 Å². The van der Waals surface area contributed by atoms with Crippen LogP contribution in [0, 0.1) is 0 Å². The molecule has 35 N–H and O–H groups in total. The molecule has 4 rings (SSSR count). The summed E-state index contributed by atoms with van der Waals surface area (Å²) in [5.41, 5.74) is 0. The molecule has 2 amide bonds. The van der Waals surface area contributed by atoms with Gasteiger partial charge in [-0.25, -0.2) is 19.2 Å². The van der Waals surface area contributed by atoms with E-state index in [2.05, 4.69) is 20.6 Å². The standard InChI is InChI=1S/C78H133N9O60/c88-22-38(100)71(144-75-67(128)63(124)59(120)42(26-92)140-75)55(116)34(96)13-79-136-30-51(112)132-9-5-86(6-10-133-52(113)31-137-80-14-35(97)56(117)72(39(101)23-89)145-76-68(129)64(125)60(121)43(27-93)141-76)46(104)17-84(20-49(108)109)3-1-83(19-48(106)107)2-4-85(21-50(110)111)18-47(105)87(7-11-134-53(114)32-138-81-15-36(98)57(118)73(40(102)24-90)146-77-69(130)65(126)61(122)44(28-94)142-77)8-12-135-54(115)33-139-82-16-37(99)58(119)74(41(103)25-91)147-78-70(131)66(127)62(123)45(29-95)143-78/h13-16,34-45,55-78,88-103,116-131H,1-12,17-33H2,(H,106,107)(H,108,109)(H,110,111)/b79-13-,80-14-,81-15-,82-16-/t34-,35-,36-,37-,38+,39+,40+,41+,42-,43-,44-,45-,55+,56+,57+,58+,59-,60-,61-,62-,63+,64+,65+,66+,67-,68-,69-,70-,71+,72+,73+,74+,75-,76-,77-,78+/m1/s1. The minimum Gasteiger partial charge on any atom is -0.480 e. The highest BCUT2D eigenvalue weighted by Gasteiger charge is 2.52. The number of nitrogens with zero attached hydrogens (tertiary/aromatic N) is 9. The van der Waals surface area contributed by atoms with E-state index in [4.69, 9.17) is 76.2 Å². The van der Waals surface area contributed by atoms with E-state index in [0.29, 0.717) is 24.9 Å². The molecule has 0 saturated carbocycles. The Morgan fingerprint density at radius 3 is 0.660 bits per heavy atom. The Balaban J connectivity index is 1.55. The number of carboxylic acid groups (broad SMARTS) is 3. The molecule has 850 valence electrons. The van der Waals surface area contributed by atoms with Gasteiger partial charge in [0.1, 0.15) is 222 Å². The van der Waals surface area contributed by atoms with Crippen LogP contribution in [0.2, 0.25) is 0 Å². The molecule has 4 heterocycles. The number of carbonyl (C=O) groups is 9. The molecule has 4 saturated heterocycles. The van der Waals surface area contributed by atoms with Crippen molar-refractivity contribution in [2.45, 2.75) is 220 Å². The first-order valence-electron chi connectivity index (χ1n) is 44.6. The summed E-state index contributed by atoms with van der Waals surface area (Å²) in [6.45, 7) is -26.0. The van der Waals surface area contributed by atoms with E-state index < -0.39 is 465 Å². The zero-order valence-electron chi connectivity index (χ0n) is 78.0. The van der Waals surface area contributed by atoms with Crippen LogP contribution in [0.15, 0.2) is 20.6 Å². The predicted molar refractivity (Wildman–Crippen MR) is 462 cm³/mol. The van der Waals surface area contributed by atoms with Gasteiger partial charge in [0, 0.05) is 26.2 Å². The van der Waals surface area contributed by atoms with Crippen LogP contribution in [-0.4, -0.2) is 693 Å². The fraction of sp³-hybridized carbons (Fsp3) is 0.833. The molecule has 4 aliphatic rings. The molecular formula is C78H133N9O60. The number of aliphatic carboxylic acids is 3. The number of aliphatic hydroxyl groups excluding tert-OH is 32. The number of aliphatic hydroxyl groups is 32. The predicted octanol–water partition coefficient (Wildman–Crippen LogP) is -26.0. The Morgan fingerprint density at radius 2 is 0.469 bits per heavy atom. The summed E-state index contributed by atoms with van der Waals surface area (Å²) in [7, 11) is 0. The SMILES string of the molecule is O=C(O)CN(CCN(CC(=O)O)CC(=O)N(CCOC(=O)CO/N=C\[C@@H](O)[C@H](O)[C@@H](O[C@@H]1O[C@H](CO)[C@@H](O)[C@H](O)[C@H]1O)[C@@H](O)CO)CCOC(=O)CO/N=C\[C@@H](O)[C@H](O)[C@@H](O[C@H]1O[C@H](CO)[C@@H](O)[C@H](O)[C@H]1O)[C@@H](O)CO)CCN(CC(=O)O)CC(=O)N(CCOC(=O)CO/N=C\[C@@H](O)[C@H](O)[C@@H](O[C@H]1O[C@H](CO)[C@@H](O)[C@H](O)[C@H]1O)[C@@H](O)CO)CCOC(=O)CO/N=C\[C@@H](O)[C@H](O)[C@@H](O[C@H]1O[C@H](CO)[C@@H](O)[C@H](O)[C@H]1O)[C@@H](O)CO. The van der Waals surface area contributed by atoms with Crippen molar-refractivity contribution in [1.82, 2.24) is 24.5 Å². The second kappa shape index (κ2) is 67.6. The lowest BCUT2D eigenvalue weighted by Gasteiger charge is -2.42. The van der Waals surface area contributed by atoms with Gasteiger partial charge in [-0.3, -0.25) is 38.7 Å². The van der Waals surface area contributed by atoms with Crippen molar-refractivity contribution in [3.05, 3.63) is 0 Å².